The summed E-state index contributed by atoms with van der Waals surface area (Å²) in [5, 5.41) is 0. The van der Waals surface area contributed by atoms with Crippen LogP contribution >= 0.6 is 0 Å². The molecule has 14 heavy (non-hydrogen) atoms. The van der Waals surface area contributed by atoms with Crippen LogP contribution in [0.1, 0.15) is 49.1 Å². The molecule has 1 aromatic rings. The maximum atomic E-state index is 5.76. The quantitative estimate of drug-likeness (QED) is 0.759. The van der Waals surface area contributed by atoms with E-state index in [1.165, 1.54) is 43.2 Å². The van der Waals surface area contributed by atoms with Crippen LogP contribution in [0.3, 0.4) is 0 Å². The molecule has 0 saturated heterocycles. The summed E-state index contributed by atoms with van der Waals surface area (Å²) in [5.74, 6) is 0.781. The van der Waals surface area contributed by atoms with Crippen LogP contribution in [-0.2, 0) is 6.54 Å². The molecule has 1 aromatic carbocycles. The van der Waals surface area contributed by atoms with Crippen LogP contribution in [0.15, 0.2) is 24.3 Å². The summed E-state index contributed by atoms with van der Waals surface area (Å²) in [5.41, 5.74) is 8.61. The fourth-order valence-corrected chi connectivity index (χ4v) is 2.53. The predicted octanol–water partition coefficient (Wildman–Crippen LogP) is 3.19. The summed E-state index contributed by atoms with van der Waals surface area (Å²) in [6.07, 6.45) is 6.92. The van der Waals surface area contributed by atoms with Crippen LogP contribution in [0.2, 0.25) is 0 Å². The molecule has 0 spiro atoms. The number of hydrogen-bond donors (Lipinski definition) is 1. The standard InChI is InChI=1S/C13H19N/c14-10-12-8-4-5-9-13(12)11-6-2-1-3-7-11/h4-5,8-9,11H,1-3,6-7,10,14H2. The minimum Gasteiger partial charge on any atom is -0.326 e. The fraction of sp³-hybridized carbons (Fsp3) is 0.538. The normalized spacial score (nSPS) is 18.4. The molecular weight excluding hydrogens is 170 g/mol. The molecule has 2 rings (SSSR count). The fourth-order valence-electron chi connectivity index (χ4n) is 2.53. The third-order valence-corrected chi connectivity index (χ3v) is 3.32. The van der Waals surface area contributed by atoms with Gasteiger partial charge in [0.1, 0.15) is 0 Å². The van der Waals surface area contributed by atoms with E-state index >= 15 is 0 Å². The SMILES string of the molecule is NCc1ccccc1C1CCCCC1. The maximum absolute atomic E-state index is 5.76. The third kappa shape index (κ3) is 1.98. The topological polar surface area (TPSA) is 26.0 Å². The first-order chi connectivity index (χ1) is 6.92. The lowest BCUT2D eigenvalue weighted by atomic mass is 9.82. The van der Waals surface area contributed by atoms with E-state index in [0.717, 1.165) is 5.92 Å². The summed E-state index contributed by atoms with van der Waals surface area (Å²) in [7, 11) is 0. The Hall–Kier alpha value is -0.820. The Morgan fingerprint density at radius 1 is 1.07 bits per heavy atom. The Labute approximate surface area is 86.3 Å². The smallest absolute Gasteiger partial charge is 0.0180 e. The molecule has 2 N–H and O–H groups in total. The molecule has 0 unspecified atom stereocenters. The molecule has 1 saturated carbocycles. The summed E-state index contributed by atoms with van der Waals surface area (Å²) < 4.78 is 0. The Kier molecular flexibility index (Phi) is 3.20. The molecule has 0 aliphatic heterocycles. The summed E-state index contributed by atoms with van der Waals surface area (Å²) >= 11 is 0. The van der Waals surface area contributed by atoms with Crippen LogP contribution in [0.5, 0.6) is 0 Å². The van der Waals surface area contributed by atoms with Crippen LogP contribution in [0.4, 0.5) is 0 Å². The second-order valence-electron chi connectivity index (χ2n) is 4.24. The van der Waals surface area contributed by atoms with Gasteiger partial charge in [-0.1, -0.05) is 43.5 Å². The maximum Gasteiger partial charge on any atom is 0.0180 e. The van der Waals surface area contributed by atoms with Crippen molar-refractivity contribution in [1.82, 2.24) is 0 Å². The van der Waals surface area contributed by atoms with E-state index in [2.05, 4.69) is 24.3 Å². The molecule has 0 amide bonds. The van der Waals surface area contributed by atoms with E-state index in [1.807, 2.05) is 0 Å². The van der Waals surface area contributed by atoms with Gasteiger partial charge in [-0.15, -0.1) is 0 Å². The second-order valence-corrected chi connectivity index (χ2v) is 4.24. The van der Waals surface area contributed by atoms with Gasteiger partial charge >= 0.3 is 0 Å². The van der Waals surface area contributed by atoms with Gasteiger partial charge in [0.2, 0.25) is 0 Å². The number of benzene rings is 1. The Morgan fingerprint density at radius 2 is 1.79 bits per heavy atom. The third-order valence-electron chi connectivity index (χ3n) is 3.32. The number of nitrogens with two attached hydrogens (primary N) is 1. The van der Waals surface area contributed by atoms with Gasteiger partial charge in [-0.2, -0.15) is 0 Å². The molecule has 0 atom stereocenters. The van der Waals surface area contributed by atoms with Crippen molar-refractivity contribution in [2.24, 2.45) is 5.73 Å². The van der Waals surface area contributed by atoms with E-state index in [-0.39, 0.29) is 0 Å². The second kappa shape index (κ2) is 4.61. The molecule has 0 aromatic heterocycles. The molecule has 1 aliphatic rings. The average molecular weight is 189 g/mol. The molecule has 1 fully saturated rings. The van der Waals surface area contributed by atoms with Crippen molar-refractivity contribution in [3.8, 4) is 0 Å². The molecular formula is C13H19N. The van der Waals surface area contributed by atoms with E-state index < -0.39 is 0 Å². The van der Waals surface area contributed by atoms with Crippen molar-refractivity contribution in [3.05, 3.63) is 35.4 Å². The van der Waals surface area contributed by atoms with Gasteiger partial charge in [-0.25, -0.2) is 0 Å². The van der Waals surface area contributed by atoms with E-state index in [1.54, 1.807) is 0 Å². The Bertz CT molecular complexity index is 287. The molecule has 0 radical (unpaired) electrons. The first kappa shape index (κ1) is 9.72. The number of hydrogen-bond acceptors (Lipinski definition) is 1. The molecule has 1 heteroatoms. The van der Waals surface area contributed by atoms with Gasteiger partial charge in [0.05, 0.1) is 0 Å². The highest BCUT2D eigenvalue weighted by atomic mass is 14.5. The summed E-state index contributed by atoms with van der Waals surface area (Å²) in [4.78, 5) is 0. The lowest BCUT2D eigenvalue weighted by Crippen LogP contribution is -2.09. The monoisotopic (exact) mass is 189 g/mol. The van der Waals surface area contributed by atoms with E-state index in [4.69, 9.17) is 5.73 Å². The highest BCUT2D eigenvalue weighted by molar-refractivity contribution is 5.30. The molecule has 0 bridgehead atoms. The van der Waals surface area contributed by atoms with E-state index in [0.29, 0.717) is 6.54 Å². The van der Waals surface area contributed by atoms with Crippen LogP contribution in [-0.4, -0.2) is 0 Å². The number of rotatable bonds is 2. The Balaban J connectivity index is 2.20. The van der Waals surface area contributed by atoms with Crippen LogP contribution in [0, 0.1) is 0 Å². The Morgan fingerprint density at radius 3 is 2.50 bits per heavy atom. The molecule has 1 aliphatic carbocycles. The van der Waals surface area contributed by atoms with Crippen molar-refractivity contribution < 1.29 is 0 Å². The van der Waals surface area contributed by atoms with Crippen molar-refractivity contribution in [1.29, 1.82) is 0 Å². The van der Waals surface area contributed by atoms with Gasteiger partial charge in [0.15, 0.2) is 0 Å². The minimum absolute atomic E-state index is 0.687. The average Bonchev–Trinajstić information content (AvgIpc) is 2.30. The zero-order chi connectivity index (χ0) is 9.80. The van der Waals surface area contributed by atoms with Gasteiger partial charge in [-0.05, 0) is 29.9 Å². The first-order valence-corrected chi connectivity index (χ1v) is 5.69. The van der Waals surface area contributed by atoms with Crippen molar-refractivity contribution in [2.75, 3.05) is 0 Å². The van der Waals surface area contributed by atoms with E-state index in [9.17, 15) is 0 Å². The molecule has 1 nitrogen and oxygen atoms in total. The van der Waals surface area contributed by atoms with Gasteiger partial charge in [0, 0.05) is 6.54 Å². The van der Waals surface area contributed by atoms with Gasteiger partial charge in [0.25, 0.3) is 0 Å². The lowest BCUT2D eigenvalue weighted by molar-refractivity contribution is 0.441. The highest BCUT2D eigenvalue weighted by Crippen LogP contribution is 2.34. The lowest BCUT2D eigenvalue weighted by Gasteiger charge is -2.23. The zero-order valence-corrected chi connectivity index (χ0v) is 8.71. The highest BCUT2D eigenvalue weighted by Gasteiger charge is 2.17. The van der Waals surface area contributed by atoms with Crippen LogP contribution in [0.25, 0.3) is 0 Å². The van der Waals surface area contributed by atoms with Crippen LogP contribution < -0.4 is 5.73 Å². The van der Waals surface area contributed by atoms with Crippen molar-refractivity contribution >= 4 is 0 Å². The van der Waals surface area contributed by atoms with Crippen molar-refractivity contribution in [2.45, 2.75) is 44.6 Å². The van der Waals surface area contributed by atoms with Crippen molar-refractivity contribution in [3.63, 3.8) is 0 Å². The van der Waals surface area contributed by atoms with Gasteiger partial charge < -0.3 is 5.73 Å². The molecule has 0 heterocycles. The largest absolute Gasteiger partial charge is 0.326 e. The predicted molar refractivity (Wildman–Crippen MR) is 60.2 cm³/mol. The first-order valence-electron chi connectivity index (χ1n) is 5.69. The summed E-state index contributed by atoms with van der Waals surface area (Å²) in [6, 6.07) is 8.67. The minimum atomic E-state index is 0.687. The van der Waals surface area contributed by atoms with Gasteiger partial charge in [-0.3, -0.25) is 0 Å². The summed E-state index contributed by atoms with van der Waals surface area (Å²) in [6.45, 7) is 0.687. The molecule has 76 valence electrons. The zero-order valence-electron chi connectivity index (χ0n) is 8.71.